The highest BCUT2D eigenvalue weighted by Gasteiger charge is 2.29. The summed E-state index contributed by atoms with van der Waals surface area (Å²) in [7, 11) is -3.37. The SMILES string of the molecule is O=S(=O)(NC1CCC(CO)CC1)N1CCOCC1. The first-order chi connectivity index (χ1) is 8.62. The lowest BCUT2D eigenvalue weighted by molar-refractivity contribution is 0.0721. The molecule has 106 valence electrons. The molecule has 0 spiro atoms. The summed E-state index contributed by atoms with van der Waals surface area (Å²) >= 11 is 0. The van der Waals surface area contributed by atoms with E-state index in [2.05, 4.69) is 4.72 Å². The van der Waals surface area contributed by atoms with Gasteiger partial charge in [-0.2, -0.15) is 17.4 Å². The Kier molecular flexibility index (Phi) is 4.97. The number of hydrogen-bond acceptors (Lipinski definition) is 4. The molecule has 6 nitrogen and oxygen atoms in total. The third-order valence-corrected chi connectivity index (χ3v) is 5.41. The lowest BCUT2D eigenvalue weighted by Gasteiger charge is -2.31. The molecule has 18 heavy (non-hydrogen) atoms. The van der Waals surface area contributed by atoms with Gasteiger partial charge in [0.15, 0.2) is 0 Å². The summed E-state index contributed by atoms with van der Waals surface area (Å²) in [4.78, 5) is 0. The molecule has 0 bridgehead atoms. The molecule has 0 radical (unpaired) electrons. The van der Waals surface area contributed by atoms with Crippen LogP contribution in [-0.4, -0.2) is 56.8 Å². The predicted molar refractivity (Wildman–Crippen MR) is 67.3 cm³/mol. The Balaban J connectivity index is 1.84. The van der Waals surface area contributed by atoms with Crippen molar-refractivity contribution in [2.75, 3.05) is 32.9 Å². The summed E-state index contributed by atoms with van der Waals surface area (Å²) in [5.41, 5.74) is 0. The van der Waals surface area contributed by atoms with Gasteiger partial charge in [-0.05, 0) is 31.6 Å². The Bertz CT molecular complexity index is 346. The van der Waals surface area contributed by atoms with Crippen molar-refractivity contribution in [3.63, 3.8) is 0 Å². The average Bonchev–Trinajstić information content (AvgIpc) is 2.40. The third-order valence-electron chi connectivity index (χ3n) is 3.73. The molecule has 7 heteroatoms. The molecule has 1 saturated carbocycles. The van der Waals surface area contributed by atoms with Gasteiger partial charge in [0.1, 0.15) is 0 Å². The van der Waals surface area contributed by atoms with Crippen LogP contribution >= 0.6 is 0 Å². The van der Waals surface area contributed by atoms with E-state index in [-0.39, 0.29) is 12.6 Å². The molecule has 2 aliphatic rings. The molecule has 1 aliphatic heterocycles. The molecule has 1 saturated heterocycles. The molecule has 2 rings (SSSR count). The zero-order chi connectivity index (χ0) is 13.0. The molecule has 0 aromatic heterocycles. The minimum atomic E-state index is -3.37. The van der Waals surface area contributed by atoms with Gasteiger partial charge in [0.25, 0.3) is 10.2 Å². The number of morpholine rings is 1. The van der Waals surface area contributed by atoms with E-state index in [4.69, 9.17) is 9.84 Å². The Morgan fingerprint density at radius 2 is 1.78 bits per heavy atom. The summed E-state index contributed by atoms with van der Waals surface area (Å²) in [6.07, 6.45) is 3.42. The predicted octanol–water partition coefficient (Wildman–Crippen LogP) is -0.296. The second kappa shape index (κ2) is 6.29. The topological polar surface area (TPSA) is 78.9 Å². The van der Waals surface area contributed by atoms with Gasteiger partial charge in [-0.15, -0.1) is 0 Å². The first kappa shape index (κ1) is 14.2. The van der Waals surface area contributed by atoms with Gasteiger partial charge < -0.3 is 9.84 Å². The van der Waals surface area contributed by atoms with E-state index in [9.17, 15) is 8.42 Å². The molecule has 1 heterocycles. The lowest BCUT2D eigenvalue weighted by atomic mass is 9.87. The summed E-state index contributed by atoms with van der Waals surface area (Å²) in [5, 5.41) is 9.05. The number of rotatable bonds is 4. The van der Waals surface area contributed by atoms with E-state index in [1.54, 1.807) is 0 Å². The molecule has 2 N–H and O–H groups in total. The third kappa shape index (κ3) is 3.64. The standard InChI is InChI=1S/C11H22N2O4S/c14-9-10-1-3-11(4-2-10)12-18(15,16)13-5-7-17-8-6-13/h10-12,14H,1-9H2. The highest BCUT2D eigenvalue weighted by atomic mass is 32.2. The van der Waals surface area contributed by atoms with Crippen LogP contribution < -0.4 is 4.72 Å². The van der Waals surface area contributed by atoms with Crippen LogP contribution in [0.25, 0.3) is 0 Å². The maximum atomic E-state index is 12.1. The van der Waals surface area contributed by atoms with E-state index in [1.165, 1.54) is 4.31 Å². The van der Waals surface area contributed by atoms with Crippen molar-refractivity contribution >= 4 is 10.2 Å². The minimum Gasteiger partial charge on any atom is -0.396 e. The molecule has 2 fully saturated rings. The first-order valence-corrected chi connectivity index (χ1v) is 8.02. The van der Waals surface area contributed by atoms with E-state index in [1.807, 2.05) is 0 Å². The van der Waals surface area contributed by atoms with Crippen LogP contribution in [0.4, 0.5) is 0 Å². The van der Waals surface area contributed by atoms with Crippen molar-refractivity contribution in [3.05, 3.63) is 0 Å². The van der Waals surface area contributed by atoms with Crippen molar-refractivity contribution in [2.45, 2.75) is 31.7 Å². The fourth-order valence-corrected chi connectivity index (χ4v) is 3.97. The molecule has 0 amide bonds. The van der Waals surface area contributed by atoms with E-state index >= 15 is 0 Å². The number of aliphatic hydroxyl groups is 1. The quantitative estimate of drug-likeness (QED) is 0.740. The molecule has 1 aliphatic carbocycles. The Morgan fingerprint density at radius 3 is 2.33 bits per heavy atom. The number of hydrogen-bond donors (Lipinski definition) is 2. The van der Waals surface area contributed by atoms with Gasteiger partial charge in [-0.1, -0.05) is 0 Å². The van der Waals surface area contributed by atoms with Gasteiger partial charge >= 0.3 is 0 Å². The van der Waals surface area contributed by atoms with Gasteiger partial charge in [-0.3, -0.25) is 0 Å². The number of aliphatic hydroxyl groups excluding tert-OH is 1. The molecule has 0 unspecified atom stereocenters. The van der Waals surface area contributed by atoms with Crippen LogP contribution in [-0.2, 0) is 14.9 Å². The monoisotopic (exact) mass is 278 g/mol. The van der Waals surface area contributed by atoms with Crippen LogP contribution in [0.15, 0.2) is 0 Å². The van der Waals surface area contributed by atoms with Crippen molar-refractivity contribution < 1.29 is 18.3 Å². The van der Waals surface area contributed by atoms with Gasteiger partial charge in [-0.25, -0.2) is 0 Å². The highest BCUT2D eigenvalue weighted by Crippen LogP contribution is 2.24. The lowest BCUT2D eigenvalue weighted by Crippen LogP contribution is -2.50. The second-order valence-electron chi connectivity index (χ2n) is 5.03. The number of ether oxygens (including phenoxy) is 1. The Hall–Kier alpha value is -0.210. The zero-order valence-electron chi connectivity index (χ0n) is 10.5. The summed E-state index contributed by atoms with van der Waals surface area (Å²) < 4.78 is 33.6. The number of nitrogens with one attached hydrogen (secondary N) is 1. The second-order valence-corrected chi connectivity index (χ2v) is 6.74. The smallest absolute Gasteiger partial charge is 0.279 e. The molecule has 0 aromatic rings. The molecular weight excluding hydrogens is 256 g/mol. The molecular formula is C11H22N2O4S. The maximum Gasteiger partial charge on any atom is 0.279 e. The van der Waals surface area contributed by atoms with Crippen LogP contribution in [0.1, 0.15) is 25.7 Å². The van der Waals surface area contributed by atoms with Crippen LogP contribution in [0.3, 0.4) is 0 Å². The molecule has 0 aromatic carbocycles. The maximum absolute atomic E-state index is 12.1. The largest absolute Gasteiger partial charge is 0.396 e. The van der Waals surface area contributed by atoms with Gasteiger partial charge in [0, 0.05) is 25.7 Å². The fourth-order valence-electron chi connectivity index (χ4n) is 2.53. The fraction of sp³-hybridized carbons (Fsp3) is 1.00. The number of nitrogens with zero attached hydrogens (tertiary/aromatic N) is 1. The Morgan fingerprint density at radius 1 is 1.17 bits per heavy atom. The van der Waals surface area contributed by atoms with Crippen molar-refractivity contribution in [3.8, 4) is 0 Å². The minimum absolute atomic E-state index is 0.0145. The van der Waals surface area contributed by atoms with E-state index in [0.29, 0.717) is 32.2 Å². The first-order valence-electron chi connectivity index (χ1n) is 6.58. The summed E-state index contributed by atoms with van der Waals surface area (Å²) in [5.74, 6) is 0.342. The van der Waals surface area contributed by atoms with Crippen molar-refractivity contribution in [1.29, 1.82) is 0 Å². The Labute approximate surface area is 108 Å². The average molecular weight is 278 g/mol. The van der Waals surface area contributed by atoms with Crippen LogP contribution in [0.2, 0.25) is 0 Å². The van der Waals surface area contributed by atoms with Gasteiger partial charge in [0.2, 0.25) is 0 Å². The van der Waals surface area contributed by atoms with E-state index in [0.717, 1.165) is 25.7 Å². The van der Waals surface area contributed by atoms with Crippen LogP contribution in [0.5, 0.6) is 0 Å². The van der Waals surface area contributed by atoms with Crippen LogP contribution in [0, 0.1) is 5.92 Å². The summed E-state index contributed by atoms with van der Waals surface area (Å²) in [6.45, 7) is 2.02. The summed E-state index contributed by atoms with van der Waals surface area (Å²) in [6, 6.07) is 0.0145. The van der Waals surface area contributed by atoms with E-state index < -0.39 is 10.2 Å². The molecule has 0 atom stereocenters. The van der Waals surface area contributed by atoms with Crippen molar-refractivity contribution in [2.24, 2.45) is 5.92 Å². The van der Waals surface area contributed by atoms with Crippen molar-refractivity contribution in [1.82, 2.24) is 9.03 Å². The normalized spacial score (nSPS) is 31.4. The highest BCUT2D eigenvalue weighted by molar-refractivity contribution is 7.87. The van der Waals surface area contributed by atoms with Gasteiger partial charge in [0.05, 0.1) is 13.2 Å². The zero-order valence-corrected chi connectivity index (χ0v) is 11.4.